The van der Waals surface area contributed by atoms with Crippen molar-refractivity contribution in [3.8, 4) is 5.75 Å². The highest BCUT2D eigenvalue weighted by molar-refractivity contribution is 5.77. The lowest BCUT2D eigenvalue weighted by Crippen LogP contribution is -2.17. The molecule has 0 heterocycles. The largest absolute Gasteiger partial charge is 0.488 e. The number of ether oxygens (including phenoxy) is 2. The van der Waals surface area contributed by atoms with E-state index in [2.05, 4.69) is 0 Å². The van der Waals surface area contributed by atoms with Crippen LogP contribution >= 0.6 is 0 Å². The molecule has 82 valence electrons. The van der Waals surface area contributed by atoms with Gasteiger partial charge >= 0.3 is 0 Å². The first kappa shape index (κ1) is 11.7. The van der Waals surface area contributed by atoms with Crippen molar-refractivity contribution in [3.63, 3.8) is 0 Å². The van der Waals surface area contributed by atoms with Gasteiger partial charge in [-0.3, -0.25) is 4.79 Å². The Morgan fingerprint density at radius 2 is 2.20 bits per heavy atom. The van der Waals surface area contributed by atoms with Crippen molar-refractivity contribution in [2.24, 2.45) is 0 Å². The lowest BCUT2D eigenvalue weighted by molar-refractivity contribution is 0.0920. The van der Waals surface area contributed by atoms with Crippen LogP contribution in [0.5, 0.6) is 5.75 Å². The summed E-state index contributed by atoms with van der Waals surface area (Å²) in [5.74, 6) is 0.766. The molecule has 0 N–H and O–H groups in total. The van der Waals surface area contributed by atoms with E-state index in [0.717, 1.165) is 17.6 Å². The molecule has 0 fully saturated rings. The van der Waals surface area contributed by atoms with Crippen LogP contribution in [0, 0.1) is 6.92 Å². The number of aryl methyl sites for hydroxylation is 1. The van der Waals surface area contributed by atoms with E-state index in [1.54, 1.807) is 19.2 Å². The van der Waals surface area contributed by atoms with Crippen LogP contribution in [0.15, 0.2) is 18.2 Å². The number of aldehydes is 1. The Morgan fingerprint density at radius 3 is 2.73 bits per heavy atom. The molecule has 1 atom stereocenters. The van der Waals surface area contributed by atoms with Crippen LogP contribution in [0.25, 0.3) is 0 Å². The fourth-order valence-corrected chi connectivity index (χ4v) is 1.35. The molecule has 0 spiro atoms. The lowest BCUT2D eigenvalue weighted by Gasteiger charge is -2.14. The molecule has 1 aromatic carbocycles. The predicted octanol–water partition coefficient (Wildman–Crippen LogP) is 2.22. The van der Waals surface area contributed by atoms with E-state index in [1.807, 2.05) is 19.9 Å². The Kier molecular flexibility index (Phi) is 4.31. The summed E-state index contributed by atoms with van der Waals surface area (Å²) in [4.78, 5) is 10.6. The molecule has 0 aliphatic carbocycles. The smallest absolute Gasteiger partial charge is 0.150 e. The number of benzene rings is 1. The molecule has 3 nitrogen and oxygen atoms in total. The van der Waals surface area contributed by atoms with E-state index >= 15 is 0 Å². The van der Waals surface area contributed by atoms with Crippen molar-refractivity contribution >= 4 is 6.29 Å². The molecular weight excluding hydrogens is 192 g/mol. The fourth-order valence-electron chi connectivity index (χ4n) is 1.35. The second-order valence-electron chi connectivity index (χ2n) is 3.52. The van der Waals surface area contributed by atoms with Crippen molar-refractivity contribution in [2.75, 3.05) is 13.7 Å². The summed E-state index contributed by atoms with van der Waals surface area (Å²) in [6, 6.07) is 5.41. The predicted molar refractivity (Wildman–Crippen MR) is 58.5 cm³/mol. The topological polar surface area (TPSA) is 35.5 Å². The summed E-state index contributed by atoms with van der Waals surface area (Å²) in [5.41, 5.74) is 1.62. The van der Waals surface area contributed by atoms with Crippen LogP contribution in [0.3, 0.4) is 0 Å². The average Bonchev–Trinajstić information content (AvgIpc) is 2.18. The van der Waals surface area contributed by atoms with Gasteiger partial charge in [0.05, 0.1) is 6.61 Å². The Morgan fingerprint density at radius 1 is 1.47 bits per heavy atom. The van der Waals surface area contributed by atoms with E-state index < -0.39 is 0 Å². The highest BCUT2D eigenvalue weighted by atomic mass is 16.5. The Labute approximate surface area is 90.0 Å². The van der Waals surface area contributed by atoms with Gasteiger partial charge in [0.25, 0.3) is 0 Å². The van der Waals surface area contributed by atoms with Crippen molar-refractivity contribution in [1.29, 1.82) is 0 Å². The van der Waals surface area contributed by atoms with E-state index in [4.69, 9.17) is 9.47 Å². The number of carbonyl (C=O) groups is 1. The third-order valence-corrected chi connectivity index (χ3v) is 2.11. The van der Waals surface area contributed by atoms with Crippen molar-refractivity contribution < 1.29 is 14.3 Å². The molecule has 0 radical (unpaired) electrons. The number of hydrogen-bond acceptors (Lipinski definition) is 3. The van der Waals surface area contributed by atoms with Crippen LogP contribution in [0.4, 0.5) is 0 Å². The second-order valence-corrected chi connectivity index (χ2v) is 3.52. The van der Waals surface area contributed by atoms with Crippen LogP contribution in [-0.2, 0) is 4.74 Å². The minimum atomic E-state index is 0.0106. The monoisotopic (exact) mass is 208 g/mol. The van der Waals surface area contributed by atoms with E-state index in [0.29, 0.717) is 12.2 Å². The maximum absolute atomic E-state index is 10.6. The zero-order valence-electron chi connectivity index (χ0n) is 9.32. The second kappa shape index (κ2) is 5.51. The van der Waals surface area contributed by atoms with E-state index in [-0.39, 0.29) is 6.10 Å². The Balaban J connectivity index is 2.70. The molecule has 0 saturated carbocycles. The molecule has 1 aromatic rings. The number of carbonyl (C=O) groups excluding carboxylic acids is 1. The van der Waals surface area contributed by atoms with E-state index in [9.17, 15) is 4.79 Å². The summed E-state index contributed by atoms with van der Waals surface area (Å²) < 4.78 is 10.6. The number of rotatable bonds is 5. The van der Waals surface area contributed by atoms with Gasteiger partial charge in [-0.25, -0.2) is 0 Å². The molecule has 3 heteroatoms. The number of methoxy groups -OCH3 is 1. The Hall–Kier alpha value is -1.35. The van der Waals surface area contributed by atoms with Gasteiger partial charge in [-0.05, 0) is 37.6 Å². The van der Waals surface area contributed by atoms with Gasteiger partial charge in [0, 0.05) is 12.7 Å². The van der Waals surface area contributed by atoms with Crippen molar-refractivity contribution in [3.05, 3.63) is 29.3 Å². The fraction of sp³-hybridized carbons (Fsp3) is 0.417. The quantitative estimate of drug-likeness (QED) is 0.696. The van der Waals surface area contributed by atoms with Crippen LogP contribution < -0.4 is 4.74 Å². The van der Waals surface area contributed by atoms with Gasteiger partial charge in [-0.2, -0.15) is 0 Å². The SMILES string of the molecule is COCC(C)Oc1ccc(C=O)c(C)c1. The third-order valence-electron chi connectivity index (χ3n) is 2.11. The first-order valence-corrected chi connectivity index (χ1v) is 4.88. The molecule has 0 aliphatic heterocycles. The molecule has 0 saturated heterocycles. The molecule has 1 unspecified atom stereocenters. The zero-order chi connectivity index (χ0) is 11.3. The normalized spacial score (nSPS) is 12.2. The van der Waals surface area contributed by atoms with Crippen LogP contribution in [0.1, 0.15) is 22.8 Å². The summed E-state index contributed by atoms with van der Waals surface area (Å²) in [6.45, 7) is 4.37. The highest BCUT2D eigenvalue weighted by Crippen LogP contribution is 2.17. The molecule has 0 amide bonds. The van der Waals surface area contributed by atoms with Crippen LogP contribution in [0.2, 0.25) is 0 Å². The van der Waals surface area contributed by atoms with Gasteiger partial charge in [0.2, 0.25) is 0 Å². The van der Waals surface area contributed by atoms with Crippen molar-refractivity contribution in [2.45, 2.75) is 20.0 Å². The molecular formula is C12H16O3. The standard InChI is InChI=1S/C12H16O3/c1-9-6-12(5-4-11(9)7-13)15-10(2)8-14-3/h4-7,10H,8H2,1-3H3. The zero-order valence-corrected chi connectivity index (χ0v) is 9.32. The van der Waals surface area contributed by atoms with Gasteiger partial charge in [0.1, 0.15) is 18.1 Å². The molecule has 1 rings (SSSR count). The first-order chi connectivity index (χ1) is 7.17. The maximum Gasteiger partial charge on any atom is 0.150 e. The highest BCUT2D eigenvalue weighted by Gasteiger charge is 2.04. The first-order valence-electron chi connectivity index (χ1n) is 4.88. The van der Waals surface area contributed by atoms with Crippen LogP contribution in [-0.4, -0.2) is 26.1 Å². The third kappa shape index (κ3) is 3.36. The minimum Gasteiger partial charge on any atom is -0.488 e. The molecule has 0 aliphatic rings. The summed E-state index contributed by atoms with van der Waals surface area (Å²) in [5, 5.41) is 0. The van der Waals surface area contributed by atoms with Gasteiger partial charge in [-0.15, -0.1) is 0 Å². The van der Waals surface area contributed by atoms with E-state index in [1.165, 1.54) is 0 Å². The molecule has 15 heavy (non-hydrogen) atoms. The lowest BCUT2D eigenvalue weighted by atomic mass is 10.1. The minimum absolute atomic E-state index is 0.0106. The van der Waals surface area contributed by atoms with Gasteiger partial charge in [0.15, 0.2) is 0 Å². The van der Waals surface area contributed by atoms with Crippen molar-refractivity contribution in [1.82, 2.24) is 0 Å². The maximum atomic E-state index is 10.6. The average molecular weight is 208 g/mol. The number of hydrogen-bond donors (Lipinski definition) is 0. The van der Waals surface area contributed by atoms with Gasteiger partial charge in [-0.1, -0.05) is 0 Å². The molecule has 0 aromatic heterocycles. The molecule has 0 bridgehead atoms. The Bertz CT molecular complexity index is 334. The summed E-state index contributed by atoms with van der Waals surface area (Å²) >= 11 is 0. The summed E-state index contributed by atoms with van der Waals surface area (Å²) in [7, 11) is 1.64. The van der Waals surface area contributed by atoms with Gasteiger partial charge < -0.3 is 9.47 Å². The summed E-state index contributed by atoms with van der Waals surface area (Å²) in [6.07, 6.45) is 0.856.